The number of nitrogens with one attached hydrogen (secondary N) is 1. The third kappa shape index (κ3) is 5.02. The molecule has 6 nitrogen and oxygen atoms in total. The number of anilines is 2. The second-order valence-electron chi connectivity index (χ2n) is 5.38. The average Bonchev–Trinajstić information content (AvgIpc) is 2.53. The molecule has 1 aliphatic rings. The first-order valence-electron chi connectivity index (χ1n) is 8.21. The maximum atomic E-state index is 5.70. The zero-order chi connectivity index (χ0) is 14.9. The van der Waals surface area contributed by atoms with Crippen LogP contribution in [0.15, 0.2) is 0 Å². The van der Waals surface area contributed by atoms with Crippen LogP contribution in [0.25, 0.3) is 0 Å². The van der Waals surface area contributed by atoms with E-state index >= 15 is 0 Å². The first kappa shape index (κ1) is 15.8. The summed E-state index contributed by atoms with van der Waals surface area (Å²) in [5.41, 5.74) is 0. The summed E-state index contributed by atoms with van der Waals surface area (Å²) in [5.74, 6) is 1.35. The van der Waals surface area contributed by atoms with Crippen LogP contribution in [-0.2, 0) is 0 Å². The van der Waals surface area contributed by atoms with E-state index in [1.165, 1.54) is 32.1 Å². The molecule has 6 heteroatoms. The third-order valence-electron chi connectivity index (χ3n) is 3.56. The first-order valence-corrected chi connectivity index (χ1v) is 8.21. The van der Waals surface area contributed by atoms with Gasteiger partial charge in [0.15, 0.2) is 0 Å². The maximum Gasteiger partial charge on any atom is 0.323 e. The fraction of sp³-hybridized carbons (Fsp3) is 0.800. The molecule has 0 radical (unpaired) electrons. The number of ether oxygens (including phenoxy) is 1. The monoisotopic (exact) mass is 293 g/mol. The largest absolute Gasteiger partial charge is 0.463 e. The summed E-state index contributed by atoms with van der Waals surface area (Å²) in [7, 11) is 0. The van der Waals surface area contributed by atoms with E-state index < -0.39 is 0 Å². The van der Waals surface area contributed by atoms with E-state index in [-0.39, 0.29) is 0 Å². The van der Waals surface area contributed by atoms with Gasteiger partial charge in [0.1, 0.15) is 0 Å². The molecule has 0 atom stereocenters. The SMILES string of the molecule is CCCCCOc1nc(NCC)nc(N2CCCCC2)n1. The van der Waals surface area contributed by atoms with Crippen molar-refractivity contribution in [3.8, 4) is 6.01 Å². The highest BCUT2D eigenvalue weighted by atomic mass is 16.5. The topological polar surface area (TPSA) is 63.2 Å². The molecule has 1 aromatic heterocycles. The van der Waals surface area contributed by atoms with Crippen molar-refractivity contribution < 1.29 is 4.74 Å². The summed E-state index contributed by atoms with van der Waals surface area (Å²) in [4.78, 5) is 15.5. The molecule has 0 unspecified atom stereocenters. The highest BCUT2D eigenvalue weighted by Crippen LogP contribution is 2.19. The molecule has 1 aliphatic heterocycles. The lowest BCUT2D eigenvalue weighted by Crippen LogP contribution is -2.31. The number of rotatable bonds is 8. The van der Waals surface area contributed by atoms with Crippen LogP contribution in [0.3, 0.4) is 0 Å². The van der Waals surface area contributed by atoms with Crippen molar-refractivity contribution in [2.24, 2.45) is 0 Å². The van der Waals surface area contributed by atoms with Crippen molar-refractivity contribution in [3.63, 3.8) is 0 Å². The molecule has 1 aromatic rings. The van der Waals surface area contributed by atoms with Crippen LogP contribution in [0, 0.1) is 0 Å². The van der Waals surface area contributed by atoms with Gasteiger partial charge in [-0.1, -0.05) is 19.8 Å². The van der Waals surface area contributed by atoms with Crippen LogP contribution in [0.5, 0.6) is 6.01 Å². The molecule has 1 fully saturated rings. The van der Waals surface area contributed by atoms with Crippen LogP contribution in [-0.4, -0.2) is 41.2 Å². The van der Waals surface area contributed by atoms with Gasteiger partial charge in [0.05, 0.1) is 6.61 Å². The van der Waals surface area contributed by atoms with Crippen LogP contribution in [0.4, 0.5) is 11.9 Å². The Bertz CT molecular complexity index is 421. The Morgan fingerprint density at radius 2 is 1.86 bits per heavy atom. The number of unbranched alkanes of at least 4 members (excludes halogenated alkanes) is 2. The average molecular weight is 293 g/mol. The summed E-state index contributed by atoms with van der Waals surface area (Å²) in [6, 6.07) is 0.442. The number of aromatic nitrogens is 3. The second kappa shape index (κ2) is 8.64. The molecule has 118 valence electrons. The molecule has 0 spiro atoms. The van der Waals surface area contributed by atoms with Gasteiger partial charge in [-0.3, -0.25) is 0 Å². The zero-order valence-electron chi connectivity index (χ0n) is 13.3. The molecule has 2 heterocycles. The molecule has 1 N–H and O–H groups in total. The molecule has 0 bridgehead atoms. The molecule has 0 amide bonds. The smallest absolute Gasteiger partial charge is 0.323 e. The normalized spacial score (nSPS) is 15.0. The Morgan fingerprint density at radius 3 is 2.57 bits per heavy atom. The van der Waals surface area contributed by atoms with Crippen molar-refractivity contribution in [3.05, 3.63) is 0 Å². The van der Waals surface area contributed by atoms with Crippen LogP contribution in [0.1, 0.15) is 52.4 Å². The summed E-state index contributed by atoms with van der Waals surface area (Å²) >= 11 is 0. The fourth-order valence-corrected chi connectivity index (χ4v) is 2.40. The predicted molar refractivity (Wildman–Crippen MR) is 85.1 cm³/mol. The van der Waals surface area contributed by atoms with Crippen molar-refractivity contribution >= 4 is 11.9 Å². The van der Waals surface area contributed by atoms with Crippen molar-refractivity contribution in [1.29, 1.82) is 0 Å². The Balaban J connectivity index is 2.05. The van der Waals surface area contributed by atoms with E-state index in [1.54, 1.807) is 0 Å². The van der Waals surface area contributed by atoms with Gasteiger partial charge in [0, 0.05) is 19.6 Å². The van der Waals surface area contributed by atoms with Gasteiger partial charge in [-0.2, -0.15) is 15.0 Å². The zero-order valence-corrected chi connectivity index (χ0v) is 13.3. The summed E-state index contributed by atoms with van der Waals surface area (Å²) < 4.78 is 5.70. The predicted octanol–water partition coefficient (Wildman–Crippen LogP) is 2.86. The highest BCUT2D eigenvalue weighted by molar-refractivity contribution is 5.38. The number of nitrogens with zero attached hydrogens (tertiary/aromatic N) is 4. The van der Waals surface area contributed by atoms with Gasteiger partial charge >= 0.3 is 6.01 Å². The lowest BCUT2D eigenvalue weighted by Gasteiger charge is -2.26. The quantitative estimate of drug-likeness (QED) is 0.744. The molecule has 0 aromatic carbocycles. The van der Waals surface area contributed by atoms with Gasteiger partial charge in [0.2, 0.25) is 11.9 Å². The number of hydrogen-bond acceptors (Lipinski definition) is 6. The molecule has 21 heavy (non-hydrogen) atoms. The van der Waals surface area contributed by atoms with E-state index in [0.29, 0.717) is 18.6 Å². The minimum Gasteiger partial charge on any atom is -0.463 e. The van der Waals surface area contributed by atoms with E-state index in [2.05, 4.69) is 32.1 Å². The van der Waals surface area contributed by atoms with E-state index in [9.17, 15) is 0 Å². The summed E-state index contributed by atoms with van der Waals surface area (Å²) in [6.45, 7) is 7.71. The van der Waals surface area contributed by atoms with Gasteiger partial charge in [0.25, 0.3) is 0 Å². The van der Waals surface area contributed by atoms with E-state index in [4.69, 9.17) is 4.74 Å². The number of piperidine rings is 1. The molecule has 1 saturated heterocycles. The molecule has 0 saturated carbocycles. The third-order valence-corrected chi connectivity index (χ3v) is 3.56. The van der Waals surface area contributed by atoms with Crippen LogP contribution in [0.2, 0.25) is 0 Å². The Morgan fingerprint density at radius 1 is 1.05 bits per heavy atom. The standard InChI is InChI=1S/C15H27N5O/c1-3-5-9-12-21-15-18-13(16-4-2)17-14(19-15)20-10-7-6-8-11-20/h3-12H2,1-2H3,(H,16,17,18,19). The maximum absolute atomic E-state index is 5.70. The molecular weight excluding hydrogens is 266 g/mol. The van der Waals surface area contributed by atoms with Crippen LogP contribution < -0.4 is 15.0 Å². The van der Waals surface area contributed by atoms with Crippen molar-refractivity contribution in [2.75, 3.05) is 36.5 Å². The van der Waals surface area contributed by atoms with Gasteiger partial charge in [-0.15, -0.1) is 0 Å². The lowest BCUT2D eigenvalue weighted by atomic mass is 10.1. The second-order valence-corrected chi connectivity index (χ2v) is 5.38. The Kier molecular flexibility index (Phi) is 6.50. The fourth-order valence-electron chi connectivity index (χ4n) is 2.40. The summed E-state index contributed by atoms with van der Waals surface area (Å²) in [5, 5.41) is 3.16. The molecular formula is C15H27N5O. The van der Waals surface area contributed by atoms with Crippen molar-refractivity contribution in [2.45, 2.75) is 52.4 Å². The van der Waals surface area contributed by atoms with Gasteiger partial charge in [-0.25, -0.2) is 0 Å². The minimum atomic E-state index is 0.442. The van der Waals surface area contributed by atoms with Crippen LogP contribution >= 0.6 is 0 Å². The molecule has 2 rings (SSSR count). The number of hydrogen-bond donors (Lipinski definition) is 1. The Labute approximate surface area is 127 Å². The summed E-state index contributed by atoms with van der Waals surface area (Å²) in [6.07, 6.45) is 7.09. The van der Waals surface area contributed by atoms with Gasteiger partial charge < -0.3 is 15.0 Å². The molecule has 0 aliphatic carbocycles. The Hall–Kier alpha value is -1.59. The first-order chi connectivity index (χ1) is 10.3. The lowest BCUT2D eigenvalue weighted by molar-refractivity contribution is 0.282. The highest BCUT2D eigenvalue weighted by Gasteiger charge is 2.16. The van der Waals surface area contributed by atoms with Crippen molar-refractivity contribution in [1.82, 2.24) is 15.0 Å². The van der Waals surface area contributed by atoms with Gasteiger partial charge in [-0.05, 0) is 32.6 Å². The minimum absolute atomic E-state index is 0.442. The van der Waals surface area contributed by atoms with E-state index in [0.717, 1.165) is 32.0 Å². The van der Waals surface area contributed by atoms with E-state index in [1.807, 2.05) is 6.92 Å².